The molecule has 2 aromatic rings. The Bertz CT molecular complexity index is 971. The molecule has 5 atom stereocenters. The van der Waals surface area contributed by atoms with Crippen LogP contribution in [0.4, 0.5) is 0 Å². The van der Waals surface area contributed by atoms with Crippen LogP contribution in [0.3, 0.4) is 0 Å². The minimum atomic E-state index is -0.954. The first-order valence-corrected chi connectivity index (χ1v) is 11.1. The summed E-state index contributed by atoms with van der Waals surface area (Å²) in [5.41, 5.74) is 1.45. The van der Waals surface area contributed by atoms with Crippen LogP contribution in [0.5, 0.6) is 0 Å². The van der Waals surface area contributed by atoms with E-state index in [9.17, 15) is 14.7 Å². The summed E-state index contributed by atoms with van der Waals surface area (Å²) in [5, 5.41) is 19.5. The van der Waals surface area contributed by atoms with E-state index in [-0.39, 0.29) is 22.8 Å². The second-order valence-electron chi connectivity index (χ2n) is 8.69. The molecule has 2 aliphatic carbocycles. The first kappa shape index (κ1) is 17.6. The second-order valence-corrected chi connectivity index (χ2v) is 9.61. The molecular weight excluding hydrogens is 392 g/mol. The quantitative estimate of drug-likeness (QED) is 0.804. The van der Waals surface area contributed by atoms with Crippen molar-refractivity contribution in [3.8, 4) is 5.69 Å². The number of likely N-dealkylation sites (tertiary alicyclic amines) is 1. The predicted octanol–water partition coefficient (Wildman–Crippen LogP) is 2.01. The van der Waals surface area contributed by atoms with Crippen molar-refractivity contribution in [3.63, 3.8) is 0 Å². The van der Waals surface area contributed by atoms with Gasteiger partial charge in [0.1, 0.15) is 4.88 Å². The minimum Gasteiger partial charge on any atom is -0.477 e. The molecule has 2 saturated heterocycles. The normalized spacial score (nSPS) is 33.1. The zero-order chi connectivity index (χ0) is 19.7. The molecule has 0 radical (unpaired) electrons. The molecule has 4 fully saturated rings. The number of thiophene rings is 1. The van der Waals surface area contributed by atoms with Crippen LogP contribution < -0.4 is 0 Å². The number of hydrogen-bond donors (Lipinski definition) is 1. The van der Waals surface area contributed by atoms with Crippen molar-refractivity contribution >= 4 is 23.2 Å². The van der Waals surface area contributed by atoms with E-state index in [0.717, 1.165) is 25.2 Å². The number of nitrogens with zero attached hydrogens (tertiary/aromatic N) is 4. The third-order valence-electron chi connectivity index (χ3n) is 6.98. The van der Waals surface area contributed by atoms with E-state index in [2.05, 4.69) is 10.3 Å². The highest BCUT2D eigenvalue weighted by molar-refractivity contribution is 7.12. The first-order valence-electron chi connectivity index (χ1n) is 10.3. The Kier molecular flexibility index (Phi) is 3.86. The number of carbonyl (C=O) groups is 2. The SMILES string of the molecule is O=C(O)c1sccc1-n1cc(C2[C@H]3CN(C(=O)[C@@H]4CCO[C@H]4C4CC4)C[C@@H]23)nn1. The van der Waals surface area contributed by atoms with Gasteiger partial charge in [-0.05, 0) is 48.5 Å². The van der Waals surface area contributed by atoms with Crippen LogP contribution in [0.2, 0.25) is 0 Å². The van der Waals surface area contributed by atoms with Gasteiger partial charge < -0.3 is 14.7 Å². The fourth-order valence-corrected chi connectivity index (χ4v) is 6.05. The Labute approximate surface area is 171 Å². The van der Waals surface area contributed by atoms with E-state index in [0.29, 0.717) is 36.0 Å². The van der Waals surface area contributed by atoms with E-state index in [1.165, 1.54) is 24.2 Å². The van der Waals surface area contributed by atoms with Gasteiger partial charge in [0.2, 0.25) is 5.91 Å². The van der Waals surface area contributed by atoms with E-state index >= 15 is 0 Å². The summed E-state index contributed by atoms with van der Waals surface area (Å²) in [6, 6.07) is 1.75. The predicted molar refractivity (Wildman–Crippen MR) is 103 cm³/mol. The average Bonchev–Trinajstić information content (AvgIpc) is 3.34. The summed E-state index contributed by atoms with van der Waals surface area (Å²) in [7, 11) is 0. The molecule has 1 unspecified atom stereocenters. The van der Waals surface area contributed by atoms with Crippen LogP contribution in [-0.4, -0.2) is 62.7 Å². The zero-order valence-electron chi connectivity index (χ0n) is 15.8. The van der Waals surface area contributed by atoms with Gasteiger partial charge >= 0.3 is 5.97 Å². The van der Waals surface area contributed by atoms with Gasteiger partial charge in [-0.2, -0.15) is 0 Å². The Morgan fingerprint density at radius 1 is 1.21 bits per heavy atom. The van der Waals surface area contributed by atoms with Gasteiger partial charge in [-0.25, -0.2) is 9.48 Å². The smallest absolute Gasteiger partial charge is 0.348 e. The second kappa shape index (κ2) is 6.37. The Morgan fingerprint density at radius 3 is 2.72 bits per heavy atom. The van der Waals surface area contributed by atoms with Gasteiger partial charge in [0.25, 0.3) is 0 Å². The topological polar surface area (TPSA) is 97.5 Å². The molecule has 6 rings (SSSR count). The van der Waals surface area contributed by atoms with Crippen LogP contribution >= 0.6 is 11.3 Å². The lowest BCUT2D eigenvalue weighted by atomic mass is 9.96. The number of ether oxygens (including phenoxy) is 1. The molecule has 152 valence electrons. The number of carboxylic acid groups (broad SMARTS) is 1. The number of aromatic carboxylic acids is 1. The highest BCUT2D eigenvalue weighted by Crippen LogP contribution is 2.58. The third kappa shape index (κ3) is 2.82. The lowest BCUT2D eigenvalue weighted by Gasteiger charge is -2.25. The zero-order valence-corrected chi connectivity index (χ0v) is 16.6. The molecule has 2 aliphatic heterocycles. The van der Waals surface area contributed by atoms with Crippen molar-refractivity contribution in [2.75, 3.05) is 19.7 Å². The molecule has 0 bridgehead atoms. The average molecular weight is 414 g/mol. The van der Waals surface area contributed by atoms with Crippen molar-refractivity contribution in [2.45, 2.75) is 31.3 Å². The van der Waals surface area contributed by atoms with Crippen LogP contribution in [-0.2, 0) is 9.53 Å². The molecule has 2 aromatic heterocycles. The summed E-state index contributed by atoms with van der Waals surface area (Å²) in [6.07, 6.45) is 5.24. The fourth-order valence-electron chi connectivity index (χ4n) is 5.33. The first-order chi connectivity index (χ1) is 14.1. The Hall–Kier alpha value is -2.26. The maximum absolute atomic E-state index is 13.0. The Morgan fingerprint density at radius 2 is 2.00 bits per heavy atom. The molecule has 1 N–H and O–H groups in total. The number of carboxylic acids is 1. The molecule has 0 spiro atoms. The minimum absolute atomic E-state index is 0.0485. The van der Waals surface area contributed by atoms with E-state index in [4.69, 9.17) is 4.74 Å². The van der Waals surface area contributed by atoms with Gasteiger partial charge in [-0.3, -0.25) is 4.79 Å². The summed E-state index contributed by atoms with van der Waals surface area (Å²) in [4.78, 5) is 26.7. The van der Waals surface area contributed by atoms with Crippen molar-refractivity contribution in [1.82, 2.24) is 19.9 Å². The van der Waals surface area contributed by atoms with Gasteiger partial charge in [-0.1, -0.05) is 5.21 Å². The van der Waals surface area contributed by atoms with Crippen molar-refractivity contribution in [1.29, 1.82) is 0 Å². The lowest BCUT2D eigenvalue weighted by Crippen LogP contribution is -2.40. The monoisotopic (exact) mass is 414 g/mol. The number of carbonyl (C=O) groups excluding carboxylic acids is 1. The number of piperidine rings is 1. The number of aromatic nitrogens is 3. The fraction of sp³-hybridized carbons (Fsp3) is 0.600. The lowest BCUT2D eigenvalue weighted by molar-refractivity contribution is -0.137. The Balaban J connectivity index is 1.12. The van der Waals surface area contributed by atoms with Gasteiger partial charge in [0.05, 0.1) is 29.6 Å². The standard InChI is InChI=1S/C20H22N4O4S/c25-19(11-3-5-28-17(11)10-1-2-10)23-7-12-13(8-23)16(12)14-9-24(22-21-14)15-4-6-29-18(15)20(26)27/h4,6,9-13,16-17H,1-3,5,7-8H2,(H,26,27)/t11-,12-,13+,16?,17+/m1/s1. The van der Waals surface area contributed by atoms with Crippen LogP contribution in [0.25, 0.3) is 5.69 Å². The third-order valence-corrected chi connectivity index (χ3v) is 7.87. The molecule has 4 heterocycles. The largest absolute Gasteiger partial charge is 0.477 e. The van der Waals surface area contributed by atoms with Crippen molar-refractivity contribution in [2.24, 2.45) is 23.7 Å². The molecular formula is C20H22N4O4S. The van der Waals surface area contributed by atoms with Gasteiger partial charge in [-0.15, -0.1) is 16.4 Å². The summed E-state index contributed by atoms with van der Waals surface area (Å²) < 4.78 is 7.41. The van der Waals surface area contributed by atoms with E-state index < -0.39 is 5.97 Å². The van der Waals surface area contributed by atoms with Crippen LogP contribution in [0.1, 0.15) is 40.5 Å². The molecule has 8 nitrogen and oxygen atoms in total. The van der Waals surface area contributed by atoms with Crippen molar-refractivity contribution in [3.05, 3.63) is 28.2 Å². The van der Waals surface area contributed by atoms with Crippen LogP contribution in [0.15, 0.2) is 17.6 Å². The summed E-state index contributed by atoms with van der Waals surface area (Å²) >= 11 is 1.18. The number of amides is 1. The van der Waals surface area contributed by atoms with Crippen LogP contribution in [0, 0.1) is 23.7 Å². The summed E-state index contributed by atoms with van der Waals surface area (Å²) in [5.74, 6) is 1.16. The van der Waals surface area contributed by atoms with Gasteiger partial charge in [0.15, 0.2) is 0 Å². The summed E-state index contributed by atoms with van der Waals surface area (Å²) in [6.45, 7) is 2.28. The van der Waals surface area contributed by atoms with Gasteiger partial charge in [0, 0.05) is 25.6 Å². The molecule has 4 aliphatic rings. The van der Waals surface area contributed by atoms with E-state index in [1.807, 2.05) is 11.1 Å². The number of hydrogen-bond acceptors (Lipinski definition) is 6. The molecule has 1 amide bonds. The maximum atomic E-state index is 13.0. The van der Waals surface area contributed by atoms with Crippen molar-refractivity contribution < 1.29 is 19.4 Å². The molecule has 9 heteroatoms. The molecule has 29 heavy (non-hydrogen) atoms. The highest BCUT2D eigenvalue weighted by atomic mass is 32.1. The van der Waals surface area contributed by atoms with E-state index in [1.54, 1.807) is 16.1 Å². The highest BCUT2D eigenvalue weighted by Gasteiger charge is 2.59. The molecule has 0 aromatic carbocycles. The number of fused-ring (bicyclic) bond motifs is 1. The maximum Gasteiger partial charge on any atom is 0.348 e. The molecule has 2 saturated carbocycles. The number of rotatable bonds is 5.